The van der Waals surface area contributed by atoms with Gasteiger partial charge in [0.05, 0.1) is 6.04 Å². The van der Waals surface area contributed by atoms with Crippen LogP contribution in [0.25, 0.3) is 0 Å². The van der Waals surface area contributed by atoms with Gasteiger partial charge >= 0.3 is 6.09 Å². The minimum Gasteiger partial charge on any atom is -0.465 e. The van der Waals surface area contributed by atoms with Gasteiger partial charge in [-0.05, 0) is 18.8 Å². The summed E-state index contributed by atoms with van der Waals surface area (Å²) in [6.45, 7) is 3.90. The third-order valence-corrected chi connectivity index (χ3v) is 3.79. The second-order valence-electron chi connectivity index (χ2n) is 4.98. The third-order valence-electron chi connectivity index (χ3n) is 3.79. The number of amides is 1. The fourth-order valence-electron chi connectivity index (χ4n) is 2.64. The fourth-order valence-corrected chi connectivity index (χ4v) is 2.64. The van der Waals surface area contributed by atoms with Crippen LogP contribution in [-0.4, -0.2) is 72.7 Å². The van der Waals surface area contributed by atoms with Gasteiger partial charge in [0.2, 0.25) is 0 Å². The molecule has 2 saturated heterocycles. The number of rotatable bonds is 3. The van der Waals surface area contributed by atoms with Gasteiger partial charge in [0.25, 0.3) is 0 Å². The van der Waals surface area contributed by atoms with Crippen LogP contribution < -0.4 is 0 Å². The molecular formula is C12H20N2O4. The lowest BCUT2D eigenvalue weighted by molar-refractivity contribution is -0.114. The highest BCUT2D eigenvalue weighted by atomic mass is 16.5. The molecule has 2 rings (SSSR count). The molecule has 1 unspecified atom stereocenters. The van der Waals surface area contributed by atoms with Crippen molar-refractivity contribution >= 4 is 12.4 Å². The number of nitrogens with zero attached hydrogens (tertiary/aromatic N) is 2. The van der Waals surface area contributed by atoms with Crippen LogP contribution in [0.15, 0.2) is 0 Å². The van der Waals surface area contributed by atoms with E-state index in [1.807, 2.05) is 0 Å². The van der Waals surface area contributed by atoms with Gasteiger partial charge in [-0.15, -0.1) is 0 Å². The van der Waals surface area contributed by atoms with Crippen molar-refractivity contribution in [2.45, 2.75) is 18.9 Å². The average molecular weight is 256 g/mol. The molecule has 1 atom stereocenters. The Hall–Kier alpha value is -1.14. The Morgan fingerprint density at radius 1 is 1.33 bits per heavy atom. The van der Waals surface area contributed by atoms with Crippen molar-refractivity contribution in [3.8, 4) is 0 Å². The zero-order valence-corrected chi connectivity index (χ0v) is 10.5. The minimum atomic E-state index is -0.937. The molecule has 6 heteroatoms. The summed E-state index contributed by atoms with van der Waals surface area (Å²) < 4.78 is 5.32. The largest absolute Gasteiger partial charge is 0.465 e. The Balaban J connectivity index is 1.88. The van der Waals surface area contributed by atoms with Crippen molar-refractivity contribution < 1.29 is 19.4 Å². The molecule has 1 amide bonds. The highest BCUT2D eigenvalue weighted by Gasteiger charge is 2.30. The summed E-state index contributed by atoms with van der Waals surface area (Å²) in [5.41, 5.74) is 0. The van der Waals surface area contributed by atoms with E-state index in [4.69, 9.17) is 9.84 Å². The van der Waals surface area contributed by atoms with Gasteiger partial charge in [-0.1, -0.05) is 0 Å². The number of ether oxygens (including phenoxy) is 1. The smallest absolute Gasteiger partial charge is 0.407 e. The van der Waals surface area contributed by atoms with E-state index in [1.54, 1.807) is 0 Å². The van der Waals surface area contributed by atoms with E-state index in [9.17, 15) is 9.59 Å². The lowest BCUT2D eigenvalue weighted by Crippen LogP contribution is -2.56. The molecule has 6 nitrogen and oxygen atoms in total. The maximum absolute atomic E-state index is 11.1. The summed E-state index contributed by atoms with van der Waals surface area (Å²) in [5.74, 6) is 0.567. The maximum atomic E-state index is 11.1. The predicted molar refractivity (Wildman–Crippen MR) is 64.6 cm³/mol. The molecule has 2 heterocycles. The Morgan fingerprint density at radius 2 is 2.06 bits per heavy atom. The Labute approximate surface area is 106 Å². The van der Waals surface area contributed by atoms with Crippen molar-refractivity contribution in [1.29, 1.82) is 0 Å². The third kappa shape index (κ3) is 3.20. The van der Waals surface area contributed by atoms with E-state index >= 15 is 0 Å². The molecule has 2 aliphatic heterocycles. The van der Waals surface area contributed by atoms with Gasteiger partial charge < -0.3 is 19.5 Å². The van der Waals surface area contributed by atoms with Crippen LogP contribution in [0.2, 0.25) is 0 Å². The van der Waals surface area contributed by atoms with Crippen LogP contribution in [0.3, 0.4) is 0 Å². The molecule has 0 aromatic heterocycles. The summed E-state index contributed by atoms with van der Waals surface area (Å²) in [6.07, 6.45) is 2.00. The highest BCUT2D eigenvalue weighted by molar-refractivity contribution is 5.67. The van der Waals surface area contributed by atoms with E-state index in [0.717, 1.165) is 38.9 Å². The van der Waals surface area contributed by atoms with Gasteiger partial charge in [0.1, 0.15) is 6.29 Å². The first-order valence-electron chi connectivity index (χ1n) is 6.45. The molecule has 102 valence electrons. The number of hydrogen-bond donors (Lipinski definition) is 1. The molecule has 0 aromatic carbocycles. The first-order chi connectivity index (χ1) is 8.70. The summed E-state index contributed by atoms with van der Waals surface area (Å²) >= 11 is 0. The second-order valence-corrected chi connectivity index (χ2v) is 4.98. The van der Waals surface area contributed by atoms with Gasteiger partial charge in [-0.2, -0.15) is 0 Å². The van der Waals surface area contributed by atoms with Crippen LogP contribution in [-0.2, 0) is 9.53 Å². The van der Waals surface area contributed by atoms with Gasteiger partial charge in [0.15, 0.2) is 0 Å². The minimum absolute atomic E-state index is 0.294. The number of carbonyl (C=O) groups excluding carboxylic acids is 1. The maximum Gasteiger partial charge on any atom is 0.407 e. The van der Waals surface area contributed by atoms with Crippen LogP contribution in [0.4, 0.5) is 4.79 Å². The average Bonchev–Trinajstić information content (AvgIpc) is 2.40. The Kier molecular flexibility index (Phi) is 4.54. The summed E-state index contributed by atoms with van der Waals surface area (Å²) in [6, 6.07) is -0.294. The number of piperazine rings is 1. The molecule has 0 bridgehead atoms. The number of aldehydes is 1. The molecule has 0 spiro atoms. The molecule has 18 heavy (non-hydrogen) atoms. The Bertz CT molecular complexity index is 304. The van der Waals surface area contributed by atoms with E-state index < -0.39 is 6.09 Å². The predicted octanol–water partition coefficient (Wildman–Crippen LogP) is 0.276. The lowest BCUT2D eigenvalue weighted by atomic mass is 9.98. The quantitative estimate of drug-likeness (QED) is 0.734. The van der Waals surface area contributed by atoms with Crippen LogP contribution in [0, 0.1) is 5.92 Å². The van der Waals surface area contributed by atoms with E-state index in [-0.39, 0.29) is 6.04 Å². The van der Waals surface area contributed by atoms with Crippen molar-refractivity contribution in [2.24, 2.45) is 5.92 Å². The van der Waals surface area contributed by atoms with Gasteiger partial charge in [-0.3, -0.25) is 4.90 Å². The van der Waals surface area contributed by atoms with Gasteiger partial charge in [-0.25, -0.2) is 4.79 Å². The molecular weight excluding hydrogens is 236 g/mol. The summed E-state index contributed by atoms with van der Waals surface area (Å²) in [4.78, 5) is 25.4. The van der Waals surface area contributed by atoms with Crippen LogP contribution in [0.5, 0.6) is 0 Å². The number of hydrogen-bond acceptors (Lipinski definition) is 4. The van der Waals surface area contributed by atoms with E-state index in [1.165, 1.54) is 4.90 Å². The molecule has 2 aliphatic rings. The standard InChI is InChI=1S/C12H20N2O4/c15-9-11-8-14(12(16)17)4-3-13(11)7-10-1-5-18-6-2-10/h9-11H,1-8H2,(H,16,17). The molecule has 2 fully saturated rings. The van der Waals surface area contributed by atoms with Crippen LogP contribution >= 0.6 is 0 Å². The second kappa shape index (κ2) is 6.15. The highest BCUT2D eigenvalue weighted by Crippen LogP contribution is 2.19. The zero-order chi connectivity index (χ0) is 13.0. The van der Waals surface area contributed by atoms with Crippen molar-refractivity contribution in [1.82, 2.24) is 9.80 Å². The number of carbonyl (C=O) groups is 2. The van der Waals surface area contributed by atoms with Gasteiger partial charge in [0, 0.05) is 39.4 Å². The molecule has 0 aliphatic carbocycles. The summed E-state index contributed by atoms with van der Waals surface area (Å²) in [7, 11) is 0. The van der Waals surface area contributed by atoms with Crippen LogP contribution in [0.1, 0.15) is 12.8 Å². The zero-order valence-electron chi connectivity index (χ0n) is 10.5. The molecule has 0 saturated carbocycles. The number of carboxylic acid groups (broad SMARTS) is 1. The van der Waals surface area contributed by atoms with Crippen molar-refractivity contribution in [3.63, 3.8) is 0 Å². The molecule has 1 N–H and O–H groups in total. The topological polar surface area (TPSA) is 70.1 Å². The summed E-state index contributed by atoms with van der Waals surface area (Å²) in [5, 5.41) is 8.93. The first kappa shape index (κ1) is 13.3. The monoisotopic (exact) mass is 256 g/mol. The molecule has 0 aromatic rings. The Morgan fingerprint density at radius 3 is 2.67 bits per heavy atom. The first-order valence-corrected chi connectivity index (χ1v) is 6.45. The fraction of sp³-hybridized carbons (Fsp3) is 0.833. The van der Waals surface area contributed by atoms with E-state index in [2.05, 4.69) is 4.90 Å². The van der Waals surface area contributed by atoms with Crippen molar-refractivity contribution in [3.05, 3.63) is 0 Å². The normalized spacial score (nSPS) is 27.1. The van der Waals surface area contributed by atoms with E-state index in [0.29, 0.717) is 25.6 Å². The lowest BCUT2D eigenvalue weighted by Gasteiger charge is -2.39. The van der Waals surface area contributed by atoms with Crippen molar-refractivity contribution in [2.75, 3.05) is 39.4 Å². The molecule has 0 radical (unpaired) electrons. The SMILES string of the molecule is O=CC1CN(C(=O)O)CCN1CC1CCOCC1.